The van der Waals surface area contributed by atoms with Gasteiger partial charge in [0.25, 0.3) is 0 Å². The molecule has 36 heavy (non-hydrogen) atoms. The quantitative estimate of drug-likeness (QED) is 0.503. The van der Waals surface area contributed by atoms with Gasteiger partial charge in [-0.3, -0.25) is 0 Å². The average Bonchev–Trinajstić information content (AvgIpc) is 3.17. The summed E-state index contributed by atoms with van der Waals surface area (Å²) in [7, 11) is 1.87. The summed E-state index contributed by atoms with van der Waals surface area (Å²) in [6.45, 7) is 9.34. The summed E-state index contributed by atoms with van der Waals surface area (Å²) >= 11 is 1.47. The zero-order chi connectivity index (χ0) is 26.1. The smallest absolute Gasteiger partial charge is 0.444 e. The largest absolute Gasteiger partial charge is 0.449 e. The van der Waals surface area contributed by atoms with Crippen molar-refractivity contribution in [2.24, 2.45) is 5.92 Å². The highest BCUT2D eigenvalue weighted by atomic mass is 32.2. The number of alkyl halides is 3. The van der Waals surface area contributed by atoms with E-state index in [-0.39, 0.29) is 18.6 Å². The topological polar surface area (TPSA) is 63.1 Å². The van der Waals surface area contributed by atoms with Crippen LogP contribution in [-0.2, 0) is 22.2 Å². The molecule has 0 saturated carbocycles. The molecule has 0 spiro atoms. The minimum atomic E-state index is -4.53. The summed E-state index contributed by atoms with van der Waals surface area (Å²) in [5.41, 5.74) is 1.04. The lowest BCUT2D eigenvalue weighted by molar-refractivity contribution is -0.147. The van der Waals surface area contributed by atoms with Gasteiger partial charge in [-0.1, -0.05) is 0 Å². The molecule has 1 aromatic heterocycles. The van der Waals surface area contributed by atoms with Crippen molar-refractivity contribution in [1.82, 2.24) is 18.8 Å². The molecule has 1 aromatic carbocycles. The summed E-state index contributed by atoms with van der Waals surface area (Å²) in [4.78, 5) is 18.0. The Balaban J connectivity index is 1.43. The van der Waals surface area contributed by atoms with Crippen LogP contribution < -0.4 is 4.31 Å². The number of halogens is 3. The second kappa shape index (κ2) is 10.7. The maximum Gasteiger partial charge on any atom is 0.449 e. The van der Waals surface area contributed by atoms with Gasteiger partial charge in [-0.2, -0.15) is 13.2 Å². The summed E-state index contributed by atoms with van der Waals surface area (Å²) in [6, 6.07) is 5.26. The standard InChI is InChI=1S/C24H34F3N5O3S/c1-23(2,3)35-22(33)30-9-11-31(12-10-30)36-29(4)18-5-6-20-19(15-18)28-21(24(25,26)27)32(20)16-17-7-13-34-14-8-17/h5-6,15,17H,7-14,16H2,1-4H3. The summed E-state index contributed by atoms with van der Waals surface area (Å²) < 4.78 is 57.6. The van der Waals surface area contributed by atoms with Gasteiger partial charge in [0, 0.05) is 65.1 Å². The number of imidazole rings is 1. The van der Waals surface area contributed by atoms with E-state index in [1.807, 2.05) is 38.2 Å². The van der Waals surface area contributed by atoms with Crippen LogP contribution in [0.2, 0.25) is 0 Å². The Morgan fingerprint density at radius 1 is 1.17 bits per heavy atom. The van der Waals surface area contributed by atoms with Crippen molar-refractivity contribution in [3.8, 4) is 0 Å². The molecular weight excluding hydrogens is 495 g/mol. The Bertz CT molecular complexity index is 1060. The van der Waals surface area contributed by atoms with Crippen molar-refractivity contribution >= 4 is 34.9 Å². The van der Waals surface area contributed by atoms with Gasteiger partial charge in [0.15, 0.2) is 0 Å². The lowest BCUT2D eigenvalue weighted by Crippen LogP contribution is -2.48. The van der Waals surface area contributed by atoms with Crippen molar-refractivity contribution < 1.29 is 27.4 Å². The molecule has 0 atom stereocenters. The Kier molecular flexibility index (Phi) is 7.96. The first-order valence-electron chi connectivity index (χ1n) is 12.2. The first-order valence-corrected chi connectivity index (χ1v) is 12.9. The number of fused-ring (bicyclic) bond motifs is 1. The number of anilines is 1. The van der Waals surface area contributed by atoms with E-state index in [9.17, 15) is 18.0 Å². The predicted octanol–water partition coefficient (Wildman–Crippen LogP) is 5.03. The van der Waals surface area contributed by atoms with Crippen molar-refractivity contribution in [2.45, 2.75) is 51.9 Å². The Morgan fingerprint density at radius 2 is 1.83 bits per heavy atom. The van der Waals surface area contributed by atoms with Gasteiger partial charge in [-0.15, -0.1) is 0 Å². The first-order chi connectivity index (χ1) is 16.9. The van der Waals surface area contributed by atoms with Crippen LogP contribution in [0.5, 0.6) is 0 Å². The van der Waals surface area contributed by atoms with Crippen LogP contribution in [-0.4, -0.2) is 76.9 Å². The maximum atomic E-state index is 13.8. The van der Waals surface area contributed by atoms with E-state index < -0.39 is 17.6 Å². The molecule has 0 aliphatic carbocycles. The second-order valence-corrected chi connectivity index (χ2v) is 11.5. The molecule has 200 valence electrons. The molecule has 8 nitrogen and oxygen atoms in total. The van der Waals surface area contributed by atoms with Crippen molar-refractivity contribution in [3.63, 3.8) is 0 Å². The van der Waals surface area contributed by atoms with E-state index in [0.717, 1.165) is 18.5 Å². The van der Waals surface area contributed by atoms with Gasteiger partial charge in [-0.25, -0.2) is 14.1 Å². The van der Waals surface area contributed by atoms with Gasteiger partial charge in [-0.05, 0) is 57.7 Å². The van der Waals surface area contributed by atoms with Crippen molar-refractivity contribution in [3.05, 3.63) is 24.0 Å². The van der Waals surface area contributed by atoms with Crippen LogP contribution in [0.3, 0.4) is 0 Å². The number of nitrogens with zero attached hydrogens (tertiary/aromatic N) is 5. The van der Waals surface area contributed by atoms with E-state index >= 15 is 0 Å². The van der Waals surface area contributed by atoms with Crippen LogP contribution in [0.25, 0.3) is 11.0 Å². The van der Waals surface area contributed by atoms with Gasteiger partial charge >= 0.3 is 12.3 Å². The molecule has 2 saturated heterocycles. The SMILES string of the molecule is CN(SN1CCN(C(=O)OC(C)(C)C)CC1)c1ccc2c(c1)nc(C(F)(F)F)n2CC1CCOCC1. The fourth-order valence-corrected chi connectivity index (χ4v) is 5.28. The number of hydrogen-bond acceptors (Lipinski definition) is 7. The molecule has 0 radical (unpaired) electrons. The van der Waals surface area contributed by atoms with E-state index in [2.05, 4.69) is 9.29 Å². The maximum absolute atomic E-state index is 13.8. The summed E-state index contributed by atoms with van der Waals surface area (Å²) in [5, 5.41) is 0. The second-order valence-electron chi connectivity index (χ2n) is 10.2. The fourth-order valence-electron chi connectivity index (χ4n) is 4.40. The Labute approximate surface area is 214 Å². The van der Waals surface area contributed by atoms with Crippen LogP contribution in [0.1, 0.15) is 39.4 Å². The highest BCUT2D eigenvalue weighted by Gasteiger charge is 2.38. The van der Waals surface area contributed by atoms with E-state index in [1.54, 1.807) is 17.0 Å². The van der Waals surface area contributed by atoms with Crippen LogP contribution in [0.4, 0.5) is 23.7 Å². The number of rotatable bonds is 5. The van der Waals surface area contributed by atoms with Gasteiger partial charge in [0.2, 0.25) is 5.82 Å². The molecule has 0 N–H and O–H groups in total. The van der Waals surface area contributed by atoms with E-state index in [1.165, 1.54) is 16.7 Å². The third-order valence-electron chi connectivity index (χ3n) is 6.26. The Morgan fingerprint density at radius 3 is 2.44 bits per heavy atom. The zero-order valence-electron chi connectivity index (χ0n) is 21.2. The summed E-state index contributed by atoms with van der Waals surface area (Å²) in [5.74, 6) is -0.718. The number of hydrogen-bond donors (Lipinski definition) is 0. The molecule has 0 unspecified atom stereocenters. The third kappa shape index (κ3) is 6.57. The van der Waals surface area contributed by atoms with Crippen LogP contribution in [0, 0.1) is 5.92 Å². The lowest BCUT2D eigenvalue weighted by atomic mass is 10.0. The third-order valence-corrected chi connectivity index (χ3v) is 7.31. The molecule has 2 fully saturated rings. The molecule has 2 aliphatic heterocycles. The lowest BCUT2D eigenvalue weighted by Gasteiger charge is -2.36. The van der Waals surface area contributed by atoms with Gasteiger partial charge in [0.1, 0.15) is 5.60 Å². The number of aromatic nitrogens is 2. The number of carbonyl (C=O) groups is 1. The fraction of sp³-hybridized carbons (Fsp3) is 0.667. The monoisotopic (exact) mass is 529 g/mol. The molecule has 4 rings (SSSR count). The molecule has 3 heterocycles. The highest BCUT2D eigenvalue weighted by Crippen LogP contribution is 2.35. The van der Waals surface area contributed by atoms with Crippen molar-refractivity contribution in [2.75, 3.05) is 50.7 Å². The molecule has 1 amide bonds. The molecule has 2 aromatic rings. The molecule has 12 heteroatoms. The first kappa shape index (κ1) is 26.9. The van der Waals surface area contributed by atoms with E-state index in [0.29, 0.717) is 50.4 Å². The number of benzene rings is 1. The number of amides is 1. The highest BCUT2D eigenvalue weighted by molar-refractivity contribution is 7.98. The van der Waals surface area contributed by atoms with Crippen LogP contribution >= 0.6 is 12.1 Å². The average molecular weight is 530 g/mol. The minimum absolute atomic E-state index is 0.134. The van der Waals surface area contributed by atoms with Gasteiger partial charge in [0.05, 0.1) is 16.7 Å². The van der Waals surface area contributed by atoms with Crippen LogP contribution in [0.15, 0.2) is 18.2 Å². The summed E-state index contributed by atoms with van der Waals surface area (Å²) in [6.07, 6.45) is -3.35. The Hall–Kier alpha value is -2.18. The van der Waals surface area contributed by atoms with Crippen molar-refractivity contribution in [1.29, 1.82) is 0 Å². The zero-order valence-corrected chi connectivity index (χ0v) is 22.0. The molecule has 2 aliphatic rings. The number of piperazine rings is 1. The normalized spacial score (nSPS) is 18.6. The molecular formula is C24H34F3N5O3S. The van der Waals surface area contributed by atoms with E-state index in [4.69, 9.17) is 9.47 Å². The number of carbonyl (C=O) groups excluding carboxylic acids is 1. The molecule has 0 bridgehead atoms. The predicted molar refractivity (Wildman–Crippen MR) is 134 cm³/mol. The minimum Gasteiger partial charge on any atom is -0.444 e. The van der Waals surface area contributed by atoms with Gasteiger partial charge < -0.3 is 23.2 Å². The number of ether oxygens (including phenoxy) is 2.